The fourth-order valence-corrected chi connectivity index (χ4v) is 3.16. The predicted molar refractivity (Wildman–Crippen MR) is 90.3 cm³/mol. The number of alkyl halides is 1. The summed E-state index contributed by atoms with van der Waals surface area (Å²) in [6.45, 7) is 0.133. The Bertz CT molecular complexity index is 732. The van der Waals surface area contributed by atoms with Crippen molar-refractivity contribution >= 4 is 23.7 Å². The van der Waals surface area contributed by atoms with E-state index in [1.54, 1.807) is 0 Å². The molecule has 0 spiro atoms. The van der Waals surface area contributed by atoms with Crippen LogP contribution in [0.25, 0.3) is 11.1 Å². The van der Waals surface area contributed by atoms with Gasteiger partial charge in [0.2, 0.25) is 0 Å². The second-order valence-corrected chi connectivity index (χ2v) is 5.82. The van der Waals surface area contributed by atoms with Crippen LogP contribution < -0.4 is 5.32 Å². The Balaban J connectivity index is 1.74. The number of carboxylic acid groups (broad SMARTS) is 1. The lowest BCUT2D eigenvalue weighted by Crippen LogP contribution is -2.42. The maximum absolute atomic E-state index is 11.8. The highest BCUT2D eigenvalue weighted by atomic mass is 35.5. The molecule has 124 valence electrons. The van der Waals surface area contributed by atoms with Gasteiger partial charge in [0, 0.05) is 5.92 Å². The molecule has 6 heteroatoms. The van der Waals surface area contributed by atoms with Crippen molar-refractivity contribution < 1.29 is 19.4 Å². The first kappa shape index (κ1) is 16.3. The molecule has 5 nitrogen and oxygen atoms in total. The van der Waals surface area contributed by atoms with E-state index in [9.17, 15) is 9.59 Å². The van der Waals surface area contributed by atoms with Gasteiger partial charge in [0.1, 0.15) is 12.6 Å². The molecule has 0 fully saturated rings. The van der Waals surface area contributed by atoms with Crippen molar-refractivity contribution in [3.8, 4) is 11.1 Å². The van der Waals surface area contributed by atoms with Gasteiger partial charge in [0.25, 0.3) is 0 Å². The Morgan fingerprint density at radius 2 is 1.62 bits per heavy atom. The first-order chi connectivity index (χ1) is 11.6. The van der Waals surface area contributed by atoms with Crippen LogP contribution in [0.15, 0.2) is 48.5 Å². The number of alkyl carbamates (subject to hydrolysis) is 1. The molecule has 3 rings (SSSR count). The summed E-state index contributed by atoms with van der Waals surface area (Å²) in [6, 6.07) is 14.8. The highest BCUT2D eigenvalue weighted by Gasteiger charge is 2.29. The largest absolute Gasteiger partial charge is 0.480 e. The Hall–Kier alpha value is -2.53. The molecule has 2 N–H and O–H groups in total. The zero-order valence-electron chi connectivity index (χ0n) is 12.7. The first-order valence-electron chi connectivity index (χ1n) is 7.52. The maximum Gasteiger partial charge on any atom is 0.407 e. The second-order valence-electron chi connectivity index (χ2n) is 5.52. The van der Waals surface area contributed by atoms with Crippen molar-refractivity contribution in [1.29, 1.82) is 0 Å². The highest BCUT2D eigenvalue weighted by Crippen LogP contribution is 2.44. The van der Waals surface area contributed by atoms with Gasteiger partial charge in [-0.25, -0.2) is 9.59 Å². The molecule has 0 saturated heterocycles. The lowest BCUT2D eigenvalue weighted by atomic mass is 9.98. The van der Waals surface area contributed by atoms with Crippen LogP contribution in [0, 0.1) is 0 Å². The van der Waals surface area contributed by atoms with Crippen LogP contribution in [0.2, 0.25) is 0 Å². The van der Waals surface area contributed by atoms with Crippen LogP contribution >= 0.6 is 11.6 Å². The van der Waals surface area contributed by atoms with E-state index in [1.807, 2.05) is 48.5 Å². The summed E-state index contributed by atoms with van der Waals surface area (Å²) >= 11 is 5.52. The summed E-state index contributed by atoms with van der Waals surface area (Å²) in [5.41, 5.74) is 4.45. The fourth-order valence-electron chi connectivity index (χ4n) is 2.95. The third-order valence-electron chi connectivity index (χ3n) is 4.09. The van der Waals surface area contributed by atoms with E-state index in [1.165, 1.54) is 0 Å². The minimum atomic E-state index is -1.20. The molecule has 0 unspecified atom stereocenters. The van der Waals surface area contributed by atoms with Crippen molar-refractivity contribution in [3.63, 3.8) is 0 Å². The third-order valence-corrected chi connectivity index (χ3v) is 4.40. The number of hydrogen-bond donors (Lipinski definition) is 2. The van der Waals surface area contributed by atoms with Crippen molar-refractivity contribution in [2.24, 2.45) is 0 Å². The summed E-state index contributed by atoms with van der Waals surface area (Å²) < 4.78 is 5.25. The topological polar surface area (TPSA) is 75.6 Å². The molecular weight excluding hydrogens is 330 g/mol. The number of carbonyl (C=O) groups excluding carboxylic acids is 1. The van der Waals surface area contributed by atoms with E-state index in [2.05, 4.69) is 5.32 Å². The highest BCUT2D eigenvalue weighted by molar-refractivity contribution is 6.19. The SMILES string of the molecule is O=C(N[C@@H](CCl)C(=O)O)OCC1c2ccccc2-c2ccccc21. The smallest absolute Gasteiger partial charge is 0.407 e. The van der Waals surface area contributed by atoms with E-state index >= 15 is 0 Å². The zero-order chi connectivity index (χ0) is 17.1. The Morgan fingerprint density at radius 1 is 1.08 bits per heavy atom. The lowest BCUT2D eigenvalue weighted by Gasteiger charge is -2.16. The van der Waals surface area contributed by atoms with Gasteiger partial charge in [-0.05, 0) is 22.3 Å². The molecule has 0 aromatic heterocycles. The maximum atomic E-state index is 11.8. The number of aliphatic carboxylic acids is 1. The van der Waals surface area contributed by atoms with Gasteiger partial charge in [-0.15, -0.1) is 11.6 Å². The second kappa shape index (κ2) is 6.93. The van der Waals surface area contributed by atoms with E-state index in [0.717, 1.165) is 22.3 Å². The monoisotopic (exact) mass is 345 g/mol. The Morgan fingerprint density at radius 3 is 2.12 bits per heavy atom. The van der Waals surface area contributed by atoms with Crippen molar-refractivity contribution in [1.82, 2.24) is 5.32 Å². The van der Waals surface area contributed by atoms with Crippen LogP contribution in [0.4, 0.5) is 4.79 Å². The number of ether oxygens (including phenoxy) is 1. The van der Waals surface area contributed by atoms with Crippen LogP contribution in [0.1, 0.15) is 17.0 Å². The van der Waals surface area contributed by atoms with Gasteiger partial charge >= 0.3 is 12.1 Å². The standard InChI is InChI=1S/C18H16ClNO4/c19-9-16(17(21)22)20-18(23)24-10-15-13-7-3-1-5-11(13)12-6-2-4-8-14(12)15/h1-8,15-16H,9-10H2,(H,20,23)(H,21,22)/t16-/m0/s1. The number of nitrogens with one attached hydrogen (secondary N) is 1. The summed E-state index contributed by atoms with van der Waals surface area (Å²) in [4.78, 5) is 22.7. The Kier molecular flexibility index (Phi) is 4.71. The molecule has 24 heavy (non-hydrogen) atoms. The van der Waals surface area contributed by atoms with E-state index in [4.69, 9.17) is 21.4 Å². The number of rotatable bonds is 5. The summed E-state index contributed by atoms with van der Waals surface area (Å²) in [5, 5.41) is 11.2. The quantitative estimate of drug-likeness (QED) is 0.816. The molecule has 1 aliphatic carbocycles. The molecule has 0 saturated carbocycles. The van der Waals surface area contributed by atoms with Crippen molar-refractivity contribution in [2.45, 2.75) is 12.0 Å². The predicted octanol–water partition coefficient (Wildman–Crippen LogP) is 3.22. The van der Waals surface area contributed by atoms with Crippen LogP contribution in [-0.4, -0.2) is 35.7 Å². The fraction of sp³-hybridized carbons (Fsp3) is 0.222. The average Bonchev–Trinajstić information content (AvgIpc) is 2.91. The van der Waals surface area contributed by atoms with Crippen LogP contribution in [-0.2, 0) is 9.53 Å². The van der Waals surface area contributed by atoms with E-state index in [-0.39, 0.29) is 18.4 Å². The summed E-state index contributed by atoms with van der Waals surface area (Å²) in [5.74, 6) is -1.49. The molecule has 0 aliphatic heterocycles. The zero-order valence-corrected chi connectivity index (χ0v) is 13.5. The number of fused-ring (bicyclic) bond motifs is 3. The van der Waals surface area contributed by atoms with Gasteiger partial charge in [-0.1, -0.05) is 48.5 Å². The number of hydrogen-bond acceptors (Lipinski definition) is 3. The number of carbonyl (C=O) groups is 2. The third kappa shape index (κ3) is 3.08. The number of benzene rings is 2. The molecular formula is C18H16ClNO4. The number of halogens is 1. The molecule has 1 aliphatic rings. The molecule has 0 heterocycles. The lowest BCUT2D eigenvalue weighted by molar-refractivity contribution is -0.138. The van der Waals surface area contributed by atoms with Gasteiger partial charge in [-0.2, -0.15) is 0 Å². The van der Waals surface area contributed by atoms with Crippen molar-refractivity contribution in [3.05, 3.63) is 59.7 Å². The van der Waals surface area contributed by atoms with Crippen LogP contribution in [0.5, 0.6) is 0 Å². The summed E-state index contributed by atoms with van der Waals surface area (Å²) in [6.07, 6.45) is -0.787. The Labute approximate surface area is 144 Å². The molecule has 2 aromatic rings. The van der Waals surface area contributed by atoms with Crippen molar-refractivity contribution in [2.75, 3.05) is 12.5 Å². The molecule has 0 bridgehead atoms. The van der Waals surface area contributed by atoms with Gasteiger partial charge in [-0.3, -0.25) is 0 Å². The summed E-state index contributed by atoms with van der Waals surface area (Å²) in [7, 11) is 0. The van der Waals surface area contributed by atoms with Gasteiger partial charge in [0.05, 0.1) is 5.88 Å². The van der Waals surface area contributed by atoms with Crippen LogP contribution in [0.3, 0.4) is 0 Å². The molecule has 1 atom stereocenters. The minimum Gasteiger partial charge on any atom is -0.480 e. The normalized spacial score (nSPS) is 13.7. The van der Waals surface area contributed by atoms with Gasteiger partial charge < -0.3 is 15.2 Å². The van der Waals surface area contributed by atoms with E-state index in [0.29, 0.717) is 0 Å². The van der Waals surface area contributed by atoms with Gasteiger partial charge in [0.15, 0.2) is 0 Å². The molecule has 0 radical (unpaired) electrons. The van der Waals surface area contributed by atoms with E-state index < -0.39 is 18.1 Å². The molecule has 1 amide bonds. The average molecular weight is 346 g/mol. The minimum absolute atomic E-state index is 0.0672. The molecule has 2 aromatic carbocycles. The number of carboxylic acids is 1. The first-order valence-corrected chi connectivity index (χ1v) is 8.05. The number of amides is 1.